The van der Waals surface area contributed by atoms with E-state index in [2.05, 4.69) is 19.6 Å². The summed E-state index contributed by atoms with van der Waals surface area (Å²) in [5.74, 6) is -0.429. The van der Waals surface area contributed by atoms with Crippen LogP contribution in [0, 0.1) is 19.7 Å². The number of aromatic nitrogens is 4. The van der Waals surface area contributed by atoms with Gasteiger partial charge in [-0.05, 0) is 67.4 Å². The molecule has 1 aliphatic rings. The average Bonchev–Trinajstić information content (AvgIpc) is 3.62. The van der Waals surface area contributed by atoms with Crippen LogP contribution in [0.2, 0.25) is 0 Å². The molecular formula is C29H23F3N4O5S. The van der Waals surface area contributed by atoms with Crippen LogP contribution in [0.1, 0.15) is 17.1 Å². The highest BCUT2D eigenvalue weighted by atomic mass is 32.2. The molecule has 0 atom stereocenters. The molecule has 0 amide bonds. The monoisotopic (exact) mass is 596 g/mol. The van der Waals surface area contributed by atoms with Crippen LogP contribution >= 0.6 is 0 Å². The molecule has 216 valence electrons. The van der Waals surface area contributed by atoms with Crippen LogP contribution in [0.15, 0.2) is 71.9 Å². The predicted molar refractivity (Wildman–Crippen MR) is 146 cm³/mol. The molecule has 0 saturated heterocycles. The number of aliphatic hydroxyl groups excluding tert-OH is 1. The summed E-state index contributed by atoms with van der Waals surface area (Å²) in [5, 5.41) is 14.0. The van der Waals surface area contributed by atoms with E-state index >= 15 is 4.39 Å². The van der Waals surface area contributed by atoms with Crippen LogP contribution < -0.4 is 9.47 Å². The third kappa shape index (κ3) is 4.80. The van der Waals surface area contributed by atoms with E-state index in [0.717, 1.165) is 11.9 Å². The van der Waals surface area contributed by atoms with Crippen molar-refractivity contribution in [1.29, 1.82) is 0 Å². The number of nitrogens with zero attached hydrogens (tertiary/aromatic N) is 4. The Morgan fingerprint density at radius 2 is 1.74 bits per heavy atom. The summed E-state index contributed by atoms with van der Waals surface area (Å²) in [5.41, 5.74) is 3.44. The number of hydrogen-bond acceptors (Lipinski definition) is 7. The summed E-state index contributed by atoms with van der Waals surface area (Å²) in [6.07, 6.45) is 0.546. The predicted octanol–water partition coefficient (Wildman–Crippen LogP) is 5.37. The maximum atomic E-state index is 15.0. The molecule has 9 nitrogen and oxygen atoms in total. The summed E-state index contributed by atoms with van der Waals surface area (Å²) in [4.78, 5) is 4.18. The van der Waals surface area contributed by atoms with E-state index in [9.17, 15) is 22.3 Å². The second-order valence-corrected chi connectivity index (χ2v) is 11.8. The highest BCUT2D eigenvalue weighted by Gasteiger charge is 2.43. The second-order valence-electron chi connectivity index (χ2n) is 9.82. The van der Waals surface area contributed by atoms with Crippen LogP contribution in [0.3, 0.4) is 0 Å². The fourth-order valence-electron chi connectivity index (χ4n) is 5.04. The average molecular weight is 597 g/mol. The lowest BCUT2D eigenvalue weighted by Gasteiger charge is -2.17. The van der Waals surface area contributed by atoms with Gasteiger partial charge in [-0.15, -0.1) is 8.78 Å². The van der Waals surface area contributed by atoms with E-state index in [1.54, 1.807) is 30.3 Å². The van der Waals surface area contributed by atoms with Crippen molar-refractivity contribution < 1.29 is 36.2 Å². The fourth-order valence-corrected chi connectivity index (χ4v) is 5.99. The first-order valence-corrected chi connectivity index (χ1v) is 14.5. The number of rotatable bonds is 6. The molecule has 42 heavy (non-hydrogen) atoms. The molecule has 0 aliphatic carbocycles. The molecule has 6 rings (SSSR count). The zero-order chi connectivity index (χ0) is 30.0. The van der Waals surface area contributed by atoms with Gasteiger partial charge in [-0.3, -0.25) is 0 Å². The van der Waals surface area contributed by atoms with Crippen LogP contribution in [-0.4, -0.2) is 45.4 Å². The fraction of sp³-hybridized carbons (Fsp3) is 0.172. The van der Waals surface area contributed by atoms with Crippen molar-refractivity contribution in [2.24, 2.45) is 0 Å². The number of halogens is 3. The first-order valence-electron chi connectivity index (χ1n) is 12.6. The smallest absolute Gasteiger partial charge is 0.395 e. The molecule has 0 bridgehead atoms. The molecule has 5 aromatic rings. The number of aryl methyl sites for hydroxylation is 2. The Kier molecular flexibility index (Phi) is 6.39. The summed E-state index contributed by atoms with van der Waals surface area (Å²) in [7, 11) is -3.86. The molecule has 0 saturated carbocycles. The molecule has 0 spiro atoms. The number of alkyl halides is 2. The molecule has 0 fully saturated rings. The van der Waals surface area contributed by atoms with Crippen molar-refractivity contribution in [2.45, 2.75) is 31.6 Å². The van der Waals surface area contributed by atoms with Crippen molar-refractivity contribution in [3.05, 3.63) is 89.9 Å². The quantitative estimate of drug-likeness (QED) is 0.281. The van der Waals surface area contributed by atoms with Gasteiger partial charge in [-0.1, -0.05) is 6.07 Å². The Labute approximate surface area is 238 Å². The second kappa shape index (κ2) is 9.74. The molecule has 1 aliphatic heterocycles. The third-order valence-corrected chi connectivity index (χ3v) is 8.02. The van der Waals surface area contributed by atoms with E-state index in [1.165, 1.54) is 35.1 Å². The van der Waals surface area contributed by atoms with Crippen molar-refractivity contribution in [1.82, 2.24) is 19.3 Å². The van der Waals surface area contributed by atoms with Crippen molar-refractivity contribution in [3.63, 3.8) is 0 Å². The molecular weight excluding hydrogens is 573 g/mol. The normalized spacial score (nSPS) is 14.0. The molecule has 1 N–H and O–H groups in total. The largest absolute Gasteiger partial charge is 0.586 e. The van der Waals surface area contributed by atoms with E-state index in [-0.39, 0.29) is 27.5 Å². The Morgan fingerprint density at radius 1 is 0.976 bits per heavy atom. The van der Waals surface area contributed by atoms with Crippen LogP contribution in [0.5, 0.6) is 11.5 Å². The lowest BCUT2D eigenvalue weighted by Crippen LogP contribution is -2.25. The van der Waals surface area contributed by atoms with Crippen LogP contribution in [0.25, 0.3) is 33.8 Å². The number of ether oxygens (including phenoxy) is 2. The van der Waals surface area contributed by atoms with Crippen LogP contribution in [-0.2, 0) is 16.4 Å². The van der Waals surface area contributed by atoms with E-state index < -0.39 is 28.6 Å². The van der Waals surface area contributed by atoms with Gasteiger partial charge in [-0.2, -0.15) is 5.10 Å². The maximum absolute atomic E-state index is 15.0. The number of hydrogen-bond donors (Lipinski definition) is 1. The lowest BCUT2D eigenvalue weighted by atomic mass is 9.98. The number of fused-ring (bicyclic) bond motifs is 1. The zero-order valence-electron chi connectivity index (χ0n) is 22.5. The Hall–Kier alpha value is -4.62. The molecule has 0 radical (unpaired) electrons. The molecule has 3 heterocycles. The number of sulfone groups is 1. The molecule has 2 aromatic heterocycles. The maximum Gasteiger partial charge on any atom is 0.586 e. The number of imidazole rings is 1. The van der Waals surface area contributed by atoms with Gasteiger partial charge >= 0.3 is 6.29 Å². The summed E-state index contributed by atoms with van der Waals surface area (Å²) < 4.78 is 79.8. The van der Waals surface area contributed by atoms with Crippen molar-refractivity contribution in [2.75, 3.05) is 6.26 Å². The van der Waals surface area contributed by atoms with Crippen LogP contribution in [0.4, 0.5) is 13.2 Å². The van der Waals surface area contributed by atoms with Gasteiger partial charge in [0.2, 0.25) is 0 Å². The zero-order valence-corrected chi connectivity index (χ0v) is 23.3. The standard InChI is InChI=1S/C29H23F3N4O5S/c1-16-14-35(17(2)34-16)24-6-4-18(19-11-23(30)22(15-37)28(12-19)42(3,38)39)10-21(24)25-8-9-33-36(25)20-5-7-26-27(13-20)41-29(31,32)40-26/h4-14,37H,15H2,1-3H3. The highest BCUT2D eigenvalue weighted by molar-refractivity contribution is 7.90. The highest BCUT2D eigenvalue weighted by Crippen LogP contribution is 2.43. The van der Waals surface area contributed by atoms with Gasteiger partial charge < -0.3 is 19.1 Å². The topological polar surface area (TPSA) is 108 Å². The summed E-state index contributed by atoms with van der Waals surface area (Å²) >= 11 is 0. The first-order chi connectivity index (χ1) is 19.8. The van der Waals surface area contributed by atoms with Gasteiger partial charge in [0.05, 0.1) is 40.5 Å². The van der Waals surface area contributed by atoms with Gasteiger partial charge in [0.1, 0.15) is 11.6 Å². The molecule has 0 unspecified atom stereocenters. The van der Waals surface area contributed by atoms with E-state index in [0.29, 0.717) is 34.0 Å². The lowest BCUT2D eigenvalue weighted by molar-refractivity contribution is -0.286. The minimum Gasteiger partial charge on any atom is -0.395 e. The van der Waals surface area contributed by atoms with Gasteiger partial charge in [0.25, 0.3) is 0 Å². The van der Waals surface area contributed by atoms with Gasteiger partial charge in [0.15, 0.2) is 21.3 Å². The summed E-state index contributed by atoms with van der Waals surface area (Å²) in [6.45, 7) is 2.91. The minimum absolute atomic E-state index is 0.111. The van der Waals surface area contributed by atoms with E-state index in [4.69, 9.17) is 0 Å². The van der Waals surface area contributed by atoms with Crippen molar-refractivity contribution in [3.8, 4) is 45.3 Å². The number of benzene rings is 3. The Balaban J connectivity index is 1.56. The minimum atomic E-state index is -3.86. The van der Waals surface area contributed by atoms with E-state index in [1.807, 2.05) is 24.6 Å². The van der Waals surface area contributed by atoms with Gasteiger partial charge in [-0.25, -0.2) is 22.5 Å². The Morgan fingerprint density at radius 3 is 2.43 bits per heavy atom. The number of aliphatic hydroxyl groups is 1. The molecule has 3 aromatic carbocycles. The van der Waals surface area contributed by atoms with Gasteiger partial charge in [0, 0.05) is 29.6 Å². The summed E-state index contributed by atoms with van der Waals surface area (Å²) in [6, 6.07) is 13.8. The Bertz CT molecular complexity index is 1990. The third-order valence-electron chi connectivity index (χ3n) is 6.85. The van der Waals surface area contributed by atoms with Crippen molar-refractivity contribution >= 4 is 9.84 Å². The SMILES string of the molecule is Cc1cn(-c2ccc(-c3cc(F)c(CO)c(S(C)(=O)=O)c3)cc2-c2ccnn2-c2ccc3c(c2)OC(F)(F)O3)c(C)n1. The molecule has 13 heteroatoms. The first kappa shape index (κ1) is 27.5.